The molecule has 21 heavy (non-hydrogen) atoms. The Morgan fingerprint density at radius 1 is 1.33 bits per heavy atom. The van der Waals surface area contributed by atoms with Crippen LogP contribution in [0.25, 0.3) is 11.1 Å². The number of aromatic nitrogens is 2. The highest BCUT2D eigenvalue weighted by molar-refractivity contribution is 5.85. The third-order valence-corrected chi connectivity index (χ3v) is 3.09. The summed E-state index contributed by atoms with van der Waals surface area (Å²) in [6.45, 7) is 8.45. The first kappa shape index (κ1) is 17.5. The number of halogens is 1. The van der Waals surface area contributed by atoms with Gasteiger partial charge in [-0.1, -0.05) is 19.9 Å². The van der Waals surface area contributed by atoms with Gasteiger partial charge < -0.3 is 10.5 Å². The van der Waals surface area contributed by atoms with E-state index in [1.807, 2.05) is 23.1 Å². The van der Waals surface area contributed by atoms with Crippen molar-refractivity contribution in [2.24, 2.45) is 11.7 Å². The van der Waals surface area contributed by atoms with Gasteiger partial charge in [0.1, 0.15) is 5.75 Å². The molecule has 0 aliphatic carbocycles. The highest BCUT2D eigenvalue weighted by Gasteiger charge is 2.07. The molecule has 0 saturated heterocycles. The molecule has 1 aromatic heterocycles. The summed E-state index contributed by atoms with van der Waals surface area (Å²) in [7, 11) is 0. The van der Waals surface area contributed by atoms with E-state index in [4.69, 9.17) is 10.5 Å². The summed E-state index contributed by atoms with van der Waals surface area (Å²) in [6, 6.07) is 6.19. The van der Waals surface area contributed by atoms with Crippen molar-refractivity contribution in [1.29, 1.82) is 0 Å². The van der Waals surface area contributed by atoms with Crippen molar-refractivity contribution >= 4 is 12.4 Å². The number of ether oxygens (including phenoxy) is 1. The zero-order chi connectivity index (χ0) is 14.5. The quantitative estimate of drug-likeness (QED) is 0.891. The molecule has 0 bridgehead atoms. The van der Waals surface area contributed by atoms with Gasteiger partial charge in [0.25, 0.3) is 0 Å². The number of nitrogens with two attached hydrogens (primary N) is 1. The summed E-state index contributed by atoms with van der Waals surface area (Å²) in [4.78, 5) is 0. The fourth-order valence-electron chi connectivity index (χ4n) is 2.02. The lowest BCUT2D eigenvalue weighted by atomic mass is 10.0. The molecular formula is C16H24ClN3O. The van der Waals surface area contributed by atoms with Crippen LogP contribution in [-0.4, -0.2) is 22.9 Å². The van der Waals surface area contributed by atoms with E-state index >= 15 is 0 Å². The molecule has 5 heteroatoms. The minimum absolute atomic E-state index is 0. The smallest absolute Gasteiger partial charge is 0.119 e. The summed E-state index contributed by atoms with van der Waals surface area (Å²) in [5.41, 5.74) is 9.03. The summed E-state index contributed by atoms with van der Waals surface area (Å²) < 4.78 is 7.66. The number of nitrogens with zero attached hydrogens (tertiary/aromatic N) is 2. The molecule has 0 fully saturated rings. The molecule has 0 atom stereocenters. The number of rotatable bonds is 6. The van der Waals surface area contributed by atoms with Crippen LogP contribution in [0.5, 0.6) is 5.75 Å². The van der Waals surface area contributed by atoms with E-state index in [9.17, 15) is 0 Å². The zero-order valence-electron chi connectivity index (χ0n) is 12.9. The number of hydrogen-bond acceptors (Lipinski definition) is 3. The average Bonchev–Trinajstić information content (AvgIpc) is 2.86. The van der Waals surface area contributed by atoms with Crippen LogP contribution < -0.4 is 10.5 Å². The maximum absolute atomic E-state index is 5.79. The first-order chi connectivity index (χ1) is 9.60. The molecule has 2 N–H and O–H groups in total. The van der Waals surface area contributed by atoms with Gasteiger partial charge in [-0.25, -0.2) is 0 Å². The lowest BCUT2D eigenvalue weighted by molar-refractivity contribution is 0.271. The van der Waals surface area contributed by atoms with Crippen LogP contribution in [0.2, 0.25) is 0 Å². The molecule has 0 aliphatic rings. The molecule has 4 nitrogen and oxygen atoms in total. The van der Waals surface area contributed by atoms with E-state index in [0.29, 0.717) is 12.5 Å². The normalized spacial score (nSPS) is 10.5. The Hall–Kier alpha value is -1.52. The van der Waals surface area contributed by atoms with E-state index in [-0.39, 0.29) is 12.4 Å². The first-order valence-corrected chi connectivity index (χ1v) is 7.06. The van der Waals surface area contributed by atoms with E-state index < -0.39 is 0 Å². The van der Waals surface area contributed by atoms with Gasteiger partial charge in [0.15, 0.2) is 0 Å². The van der Waals surface area contributed by atoms with Gasteiger partial charge in [0.2, 0.25) is 0 Å². The Bertz CT molecular complexity index is 566. The Morgan fingerprint density at radius 3 is 2.76 bits per heavy atom. The molecule has 0 amide bonds. The fraction of sp³-hybridized carbons (Fsp3) is 0.438. The van der Waals surface area contributed by atoms with Gasteiger partial charge in [-0.15, -0.1) is 12.4 Å². The first-order valence-electron chi connectivity index (χ1n) is 7.06. The van der Waals surface area contributed by atoms with Crippen LogP contribution in [0.15, 0.2) is 30.6 Å². The third kappa shape index (κ3) is 4.76. The minimum atomic E-state index is 0. The van der Waals surface area contributed by atoms with Crippen molar-refractivity contribution in [3.8, 4) is 16.9 Å². The highest BCUT2D eigenvalue weighted by atomic mass is 35.5. The molecule has 0 aliphatic heterocycles. The zero-order valence-corrected chi connectivity index (χ0v) is 13.7. The Labute approximate surface area is 132 Å². The summed E-state index contributed by atoms with van der Waals surface area (Å²) >= 11 is 0. The van der Waals surface area contributed by atoms with Crippen molar-refractivity contribution in [2.45, 2.75) is 27.3 Å². The van der Waals surface area contributed by atoms with Gasteiger partial charge >= 0.3 is 0 Å². The monoisotopic (exact) mass is 309 g/mol. The largest absolute Gasteiger partial charge is 0.493 e. The molecule has 1 heterocycles. The fourth-order valence-corrected chi connectivity index (χ4v) is 2.02. The lowest BCUT2D eigenvalue weighted by Crippen LogP contribution is -2.09. The van der Waals surface area contributed by atoms with E-state index in [1.54, 1.807) is 0 Å². The van der Waals surface area contributed by atoms with Crippen molar-refractivity contribution in [3.05, 3.63) is 36.2 Å². The summed E-state index contributed by atoms with van der Waals surface area (Å²) in [5.74, 6) is 1.43. The molecule has 116 valence electrons. The second kappa shape index (κ2) is 8.05. The van der Waals surface area contributed by atoms with Crippen molar-refractivity contribution in [1.82, 2.24) is 9.78 Å². The van der Waals surface area contributed by atoms with Gasteiger partial charge in [-0.2, -0.15) is 5.10 Å². The van der Waals surface area contributed by atoms with Gasteiger partial charge in [-0.05, 0) is 36.1 Å². The summed E-state index contributed by atoms with van der Waals surface area (Å²) in [5, 5.41) is 4.32. The molecule has 1 aromatic carbocycles. The maximum atomic E-state index is 5.79. The molecule has 0 unspecified atom stereocenters. The van der Waals surface area contributed by atoms with Crippen molar-refractivity contribution in [2.75, 3.05) is 13.2 Å². The molecule has 2 rings (SSSR count). The van der Waals surface area contributed by atoms with Crippen molar-refractivity contribution in [3.63, 3.8) is 0 Å². The number of hydrogen-bond donors (Lipinski definition) is 1. The number of aryl methyl sites for hydroxylation is 1. The third-order valence-electron chi connectivity index (χ3n) is 3.09. The Balaban J connectivity index is 0.00000220. The van der Waals surface area contributed by atoms with Gasteiger partial charge in [-0.3, -0.25) is 4.68 Å². The molecular weight excluding hydrogens is 286 g/mol. The van der Waals surface area contributed by atoms with E-state index in [1.165, 1.54) is 5.56 Å². The Kier molecular flexibility index (Phi) is 6.72. The van der Waals surface area contributed by atoms with Crippen LogP contribution in [0.3, 0.4) is 0 Å². The summed E-state index contributed by atoms with van der Waals surface area (Å²) in [6.07, 6.45) is 3.91. The van der Waals surface area contributed by atoms with E-state index in [2.05, 4.69) is 38.0 Å². The number of benzene rings is 1. The van der Waals surface area contributed by atoms with E-state index in [0.717, 1.165) is 30.0 Å². The highest BCUT2D eigenvalue weighted by Crippen LogP contribution is 2.27. The van der Waals surface area contributed by atoms with Crippen LogP contribution in [-0.2, 0) is 6.54 Å². The maximum Gasteiger partial charge on any atom is 0.119 e. The minimum Gasteiger partial charge on any atom is -0.493 e. The van der Waals surface area contributed by atoms with Crippen LogP contribution in [0, 0.1) is 12.8 Å². The SMILES string of the molecule is Cc1ccc(OCC(C)C)cc1-c1cnn(CCN)c1.Cl. The lowest BCUT2D eigenvalue weighted by Gasteiger charge is -2.11. The average molecular weight is 310 g/mol. The van der Waals surface area contributed by atoms with Gasteiger partial charge in [0.05, 0.1) is 19.3 Å². The molecule has 0 radical (unpaired) electrons. The van der Waals surface area contributed by atoms with Crippen LogP contribution in [0.1, 0.15) is 19.4 Å². The van der Waals surface area contributed by atoms with Crippen LogP contribution >= 0.6 is 12.4 Å². The van der Waals surface area contributed by atoms with Gasteiger partial charge in [0, 0.05) is 18.3 Å². The predicted molar refractivity (Wildman–Crippen MR) is 89.0 cm³/mol. The van der Waals surface area contributed by atoms with Crippen LogP contribution in [0.4, 0.5) is 0 Å². The standard InChI is InChI=1S/C16H23N3O.ClH/c1-12(2)11-20-15-5-4-13(3)16(8-15)14-9-18-19(10-14)7-6-17;/h4-5,8-10,12H,6-7,11,17H2,1-3H3;1H. The second-order valence-electron chi connectivity index (χ2n) is 5.46. The van der Waals surface area contributed by atoms with Crippen molar-refractivity contribution < 1.29 is 4.74 Å². The topological polar surface area (TPSA) is 53.1 Å². The predicted octanol–water partition coefficient (Wildman–Crippen LogP) is 3.27. The molecule has 2 aromatic rings. The Morgan fingerprint density at radius 2 is 2.10 bits per heavy atom. The molecule has 0 saturated carbocycles. The molecule has 0 spiro atoms. The second-order valence-corrected chi connectivity index (χ2v) is 5.46.